The van der Waals surface area contributed by atoms with Crippen LogP contribution in [0.3, 0.4) is 0 Å². The van der Waals surface area contributed by atoms with Gasteiger partial charge in [-0.3, -0.25) is 0 Å². The molecule has 5 heteroatoms. The van der Waals surface area contributed by atoms with Crippen LogP contribution in [0.2, 0.25) is 5.02 Å². The van der Waals surface area contributed by atoms with Gasteiger partial charge in [0.15, 0.2) is 0 Å². The van der Waals surface area contributed by atoms with Crippen LogP contribution in [0, 0.1) is 0 Å². The summed E-state index contributed by atoms with van der Waals surface area (Å²) in [5.41, 5.74) is 1.18. The van der Waals surface area contributed by atoms with Gasteiger partial charge >= 0.3 is 0 Å². The molecule has 20 heavy (non-hydrogen) atoms. The maximum Gasteiger partial charge on any atom is 0.203 e. The number of nitrogens with zero attached hydrogens (tertiary/aromatic N) is 2. The summed E-state index contributed by atoms with van der Waals surface area (Å²) < 4.78 is 7.18. The van der Waals surface area contributed by atoms with E-state index in [4.69, 9.17) is 16.3 Å². The van der Waals surface area contributed by atoms with Crippen LogP contribution in [0.1, 0.15) is 24.9 Å². The van der Waals surface area contributed by atoms with Crippen LogP contribution in [0.15, 0.2) is 36.7 Å². The minimum atomic E-state index is 0.177. The summed E-state index contributed by atoms with van der Waals surface area (Å²) in [4.78, 5) is 4.36. The highest BCUT2D eigenvalue weighted by Gasteiger charge is 2.09. The lowest BCUT2D eigenvalue weighted by atomic mass is 10.1. The van der Waals surface area contributed by atoms with Crippen LogP contribution in [0.25, 0.3) is 0 Å². The van der Waals surface area contributed by atoms with Gasteiger partial charge in [-0.2, -0.15) is 0 Å². The number of rotatable bonds is 7. The Morgan fingerprint density at radius 2 is 2.10 bits per heavy atom. The number of methoxy groups -OCH3 is 1. The van der Waals surface area contributed by atoms with Gasteiger partial charge in [0.25, 0.3) is 0 Å². The van der Waals surface area contributed by atoms with Gasteiger partial charge in [-0.05, 0) is 31.0 Å². The molecular formula is C15H20ClN3O. The van der Waals surface area contributed by atoms with E-state index >= 15 is 0 Å². The van der Waals surface area contributed by atoms with Crippen LogP contribution >= 0.6 is 11.6 Å². The monoisotopic (exact) mass is 293 g/mol. The molecule has 0 fully saturated rings. The van der Waals surface area contributed by atoms with Crippen LogP contribution in [-0.4, -0.2) is 23.3 Å². The largest absolute Gasteiger partial charge is 0.385 e. The van der Waals surface area contributed by atoms with E-state index in [2.05, 4.69) is 21.8 Å². The van der Waals surface area contributed by atoms with Crippen molar-refractivity contribution in [2.75, 3.05) is 19.0 Å². The van der Waals surface area contributed by atoms with E-state index in [0.29, 0.717) is 0 Å². The molecule has 108 valence electrons. The molecule has 0 spiro atoms. The van der Waals surface area contributed by atoms with E-state index < -0.39 is 0 Å². The molecule has 0 aliphatic heterocycles. The van der Waals surface area contributed by atoms with Crippen LogP contribution < -0.4 is 5.32 Å². The van der Waals surface area contributed by atoms with E-state index in [1.54, 1.807) is 7.11 Å². The summed E-state index contributed by atoms with van der Waals surface area (Å²) in [6, 6.07) is 8.03. The second kappa shape index (κ2) is 7.31. The quantitative estimate of drug-likeness (QED) is 0.790. The van der Waals surface area contributed by atoms with Gasteiger partial charge in [-0.1, -0.05) is 23.7 Å². The molecule has 1 atom stereocenters. The second-order valence-electron chi connectivity index (χ2n) is 4.71. The van der Waals surface area contributed by atoms with Crippen LogP contribution in [0.4, 0.5) is 5.95 Å². The Labute approximate surface area is 124 Å². The second-order valence-corrected chi connectivity index (χ2v) is 5.14. The van der Waals surface area contributed by atoms with Crippen molar-refractivity contribution in [3.05, 3.63) is 47.2 Å². The molecule has 1 unspecified atom stereocenters. The molecule has 0 amide bonds. The molecule has 1 aromatic heterocycles. The van der Waals surface area contributed by atoms with E-state index in [9.17, 15) is 0 Å². The van der Waals surface area contributed by atoms with Crippen LogP contribution in [0.5, 0.6) is 0 Å². The zero-order valence-corrected chi connectivity index (χ0v) is 12.6. The molecule has 0 aliphatic carbocycles. The Kier molecular flexibility index (Phi) is 5.44. The fourth-order valence-electron chi connectivity index (χ4n) is 2.04. The van der Waals surface area contributed by atoms with E-state index in [1.807, 2.05) is 36.7 Å². The number of anilines is 1. The molecule has 1 N–H and O–H groups in total. The van der Waals surface area contributed by atoms with Crippen molar-refractivity contribution in [1.82, 2.24) is 9.55 Å². The Bertz CT molecular complexity index is 524. The lowest BCUT2D eigenvalue weighted by molar-refractivity contribution is 0.190. The summed E-state index contributed by atoms with van der Waals surface area (Å²) in [6.45, 7) is 3.76. The molecule has 1 heterocycles. The first-order chi connectivity index (χ1) is 9.70. The number of ether oxygens (including phenoxy) is 1. The van der Waals surface area contributed by atoms with Gasteiger partial charge in [0.05, 0.1) is 6.04 Å². The molecular weight excluding hydrogens is 274 g/mol. The topological polar surface area (TPSA) is 39.1 Å². The minimum absolute atomic E-state index is 0.177. The van der Waals surface area contributed by atoms with Crippen molar-refractivity contribution in [2.24, 2.45) is 0 Å². The lowest BCUT2D eigenvalue weighted by Gasteiger charge is -2.16. The van der Waals surface area contributed by atoms with Crippen molar-refractivity contribution in [2.45, 2.75) is 25.9 Å². The van der Waals surface area contributed by atoms with E-state index in [0.717, 1.165) is 30.5 Å². The van der Waals surface area contributed by atoms with E-state index in [1.165, 1.54) is 5.56 Å². The van der Waals surface area contributed by atoms with E-state index in [-0.39, 0.29) is 6.04 Å². The predicted molar refractivity (Wildman–Crippen MR) is 82.2 cm³/mol. The van der Waals surface area contributed by atoms with Crippen molar-refractivity contribution in [3.63, 3.8) is 0 Å². The highest BCUT2D eigenvalue weighted by Crippen LogP contribution is 2.20. The molecule has 1 aromatic carbocycles. The highest BCUT2D eigenvalue weighted by molar-refractivity contribution is 6.30. The molecule has 2 rings (SSSR count). The number of hydrogen-bond acceptors (Lipinski definition) is 3. The zero-order valence-electron chi connectivity index (χ0n) is 11.8. The zero-order chi connectivity index (χ0) is 14.4. The maximum absolute atomic E-state index is 5.91. The summed E-state index contributed by atoms with van der Waals surface area (Å²) >= 11 is 5.91. The third kappa shape index (κ3) is 3.99. The first-order valence-corrected chi connectivity index (χ1v) is 7.10. The Hall–Kier alpha value is -1.52. The lowest BCUT2D eigenvalue weighted by Crippen LogP contribution is -2.12. The Morgan fingerprint density at radius 1 is 1.35 bits per heavy atom. The maximum atomic E-state index is 5.91. The Morgan fingerprint density at radius 3 is 2.80 bits per heavy atom. The normalized spacial score (nSPS) is 12.3. The average molecular weight is 294 g/mol. The third-order valence-electron chi connectivity index (χ3n) is 3.18. The van der Waals surface area contributed by atoms with Gasteiger partial charge in [0.1, 0.15) is 0 Å². The number of aromatic nitrogens is 2. The van der Waals surface area contributed by atoms with Gasteiger partial charge < -0.3 is 14.6 Å². The number of nitrogens with one attached hydrogen (secondary N) is 1. The minimum Gasteiger partial charge on any atom is -0.385 e. The number of aryl methyl sites for hydroxylation is 1. The number of imidazole rings is 1. The summed E-state index contributed by atoms with van der Waals surface area (Å²) in [5.74, 6) is 0.878. The summed E-state index contributed by atoms with van der Waals surface area (Å²) in [6.07, 6.45) is 4.76. The first-order valence-electron chi connectivity index (χ1n) is 6.73. The molecule has 4 nitrogen and oxygen atoms in total. The average Bonchev–Trinajstić information content (AvgIpc) is 2.87. The molecule has 0 saturated heterocycles. The fourth-order valence-corrected chi connectivity index (χ4v) is 2.16. The molecule has 0 bridgehead atoms. The van der Waals surface area contributed by atoms with Crippen molar-refractivity contribution in [1.29, 1.82) is 0 Å². The van der Waals surface area contributed by atoms with Crippen molar-refractivity contribution in [3.8, 4) is 0 Å². The molecule has 2 aromatic rings. The molecule has 0 aliphatic rings. The van der Waals surface area contributed by atoms with Gasteiger partial charge in [0.2, 0.25) is 5.95 Å². The third-order valence-corrected chi connectivity index (χ3v) is 3.43. The number of halogens is 1. The summed E-state index contributed by atoms with van der Waals surface area (Å²) in [5, 5.41) is 4.17. The van der Waals surface area contributed by atoms with Gasteiger partial charge in [-0.25, -0.2) is 4.98 Å². The first kappa shape index (κ1) is 14.9. The molecule has 0 radical (unpaired) electrons. The highest BCUT2D eigenvalue weighted by atomic mass is 35.5. The van der Waals surface area contributed by atoms with Crippen molar-refractivity contribution >= 4 is 17.5 Å². The van der Waals surface area contributed by atoms with Crippen molar-refractivity contribution < 1.29 is 4.74 Å². The predicted octanol–water partition coefficient (Wildman–Crippen LogP) is 3.75. The van der Waals surface area contributed by atoms with Gasteiger partial charge in [0, 0.05) is 37.7 Å². The fraction of sp³-hybridized carbons (Fsp3) is 0.400. The number of benzene rings is 1. The summed E-state index contributed by atoms with van der Waals surface area (Å²) in [7, 11) is 1.72. The smallest absolute Gasteiger partial charge is 0.203 e. The van der Waals surface area contributed by atoms with Crippen LogP contribution in [-0.2, 0) is 11.3 Å². The SMILES string of the molecule is COCCCn1ccnc1NC(C)c1ccc(Cl)cc1. The van der Waals surface area contributed by atoms with Gasteiger partial charge in [-0.15, -0.1) is 0 Å². The number of hydrogen-bond donors (Lipinski definition) is 1. The standard InChI is InChI=1S/C15H20ClN3O/c1-12(13-4-6-14(16)7-5-13)18-15-17-8-10-19(15)9-3-11-20-2/h4-8,10,12H,3,9,11H2,1-2H3,(H,17,18). The molecule has 0 saturated carbocycles. The Balaban J connectivity index is 1.98.